The summed E-state index contributed by atoms with van der Waals surface area (Å²) in [7, 11) is 0. The molecule has 0 atom stereocenters. The van der Waals surface area contributed by atoms with Crippen LogP contribution in [0.5, 0.6) is 0 Å². The van der Waals surface area contributed by atoms with E-state index in [0.29, 0.717) is 0 Å². The minimum atomic E-state index is 0.155. The van der Waals surface area contributed by atoms with Crippen molar-refractivity contribution in [2.45, 2.75) is 0 Å². The van der Waals surface area contributed by atoms with Gasteiger partial charge in [0.1, 0.15) is 0 Å². The van der Waals surface area contributed by atoms with E-state index in [1.807, 2.05) is 0 Å². The molecule has 0 unspecified atom stereocenters. The van der Waals surface area contributed by atoms with E-state index in [1.54, 1.807) is 0 Å². The summed E-state index contributed by atoms with van der Waals surface area (Å²) in [6, 6.07) is 68.7. The fourth-order valence-electron chi connectivity index (χ4n) is 8.31. The zero-order valence-electron chi connectivity index (χ0n) is 28.1. The first-order valence-electron chi connectivity index (χ1n) is 17.7. The van der Waals surface area contributed by atoms with E-state index in [-0.39, 0.29) is 14.5 Å². The zero-order valence-corrected chi connectivity index (χ0v) is 29.9. The predicted octanol–water partition coefficient (Wildman–Crippen LogP) is 13.1. The van der Waals surface area contributed by atoms with E-state index in [0.717, 1.165) is 28.4 Å². The number of para-hydroxylation sites is 5. The standard InChI is InChI=1S/C48H31N3Se/c1-5-16-32(17-6-1)49(33-18-7-2-8-19-33)36-28-40-38-24-13-14-26-42(38)51-43-30-37(50(34-20-9-3-10-21-34)35-22-11-4-12-23-35)31-45-47(43)46-39(41(29-36)48(40)51)25-15-27-44(46)52-45/h1-31H. The van der Waals surface area contributed by atoms with Gasteiger partial charge < -0.3 is 0 Å². The van der Waals surface area contributed by atoms with Crippen molar-refractivity contribution in [1.82, 2.24) is 4.40 Å². The predicted molar refractivity (Wildman–Crippen MR) is 222 cm³/mol. The molecule has 3 nitrogen and oxygen atoms in total. The van der Waals surface area contributed by atoms with Gasteiger partial charge in [-0.1, -0.05) is 0 Å². The molecule has 11 rings (SSSR count). The third-order valence-corrected chi connectivity index (χ3v) is 12.7. The maximum atomic E-state index is 2.57. The van der Waals surface area contributed by atoms with Gasteiger partial charge in [-0.15, -0.1) is 0 Å². The normalized spacial score (nSPS) is 11.8. The van der Waals surface area contributed by atoms with Crippen LogP contribution in [-0.4, -0.2) is 18.9 Å². The van der Waals surface area contributed by atoms with Crippen LogP contribution in [0.1, 0.15) is 0 Å². The van der Waals surface area contributed by atoms with E-state index in [9.17, 15) is 0 Å². The molecule has 0 N–H and O–H groups in total. The van der Waals surface area contributed by atoms with Gasteiger partial charge in [-0.05, 0) is 0 Å². The second kappa shape index (κ2) is 11.6. The fraction of sp³-hybridized carbons (Fsp3) is 0. The molecule has 3 heterocycles. The molecule has 0 aliphatic heterocycles. The van der Waals surface area contributed by atoms with Crippen LogP contribution in [0.3, 0.4) is 0 Å². The molecule has 52 heavy (non-hydrogen) atoms. The molecule has 0 amide bonds. The summed E-state index contributed by atoms with van der Waals surface area (Å²) in [5.74, 6) is 0. The molecule has 0 bridgehead atoms. The van der Waals surface area contributed by atoms with Crippen LogP contribution in [0.15, 0.2) is 188 Å². The number of hydrogen-bond donors (Lipinski definition) is 0. The third kappa shape index (κ3) is 4.39. The number of anilines is 6. The van der Waals surface area contributed by atoms with Gasteiger partial charge in [0.15, 0.2) is 0 Å². The van der Waals surface area contributed by atoms with Crippen molar-refractivity contribution in [3.63, 3.8) is 0 Å². The molecule has 0 aliphatic rings. The first kappa shape index (κ1) is 29.4. The molecular weight excluding hydrogens is 698 g/mol. The van der Waals surface area contributed by atoms with E-state index in [2.05, 4.69) is 202 Å². The summed E-state index contributed by atoms with van der Waals surface area (Å²) in [4.78, 5) is 4.81. The Labute approximate surface area is 306 Å². The Morgan fingerprint density at radius 3 is 1.38 bits per heavy atom. The first-order chi connectivity index (χ1) is 25.8. The van der Waals surface area contributed by atoms with Gasteiger partial charge in [-0.25, -0.2) is 0 Å². The summed E-state index contributed by atoms with van der Waals surface area (Å²) in [6.07, 6.45) is 0. The van der Waals surface area contributed by atoms with Crippen LogP contribution in [0, 0.1) is 0 Å². The maximum absolute atomic E-state index is 2.57. The Kier molecular flexibility index (Phi) is 6.57. The SMILES string of the molecule is c1ccc(N(c2ccccc2)c2cc3c4cccc5[se]c6cc(N(c7ccccc7)c7ccccc7)cc(c6c54)n4c5ccccc5c(c2)c34)cc1. The summed E-state index contributed by atoms with van der Waals surface area (Å²) in [5.41, 5.74) is 10.6. The number of nitrogens with zero attached hydrogens (tertiary/aromatic N) is 3. The summed E-state index contributed by atoms with van der Waals surface area (Å²) >= 11 is 0.155. The van der Waals surface area contributed by atoms with Crippen molar-refractivity contribution in [3.05, 3.63) is 188 Å². The Morgan fingerprint density at radius 1 is 0.327 bits per heavy atom. The van der Waals surface area contributed by atoms with Crippen LogP contribution < -0.4 is 9.80 Å². The Hall–Kier alpha value is -6.32. The molecule has 0 saturated heterocycles. The second-order valence-corrected chi connectivity index (χ2v) is 15.6. The number of hydrogen-bond acceptors (Lipinski definition) is 2. The summed E-state index contributed by atoms with van der Waals surface area (Å²) in [6.45, 7) is 0. The average Bonchev–Trinajstić information content (AvgIpc) is 3.71. The molecule has 0 saturated carbocycles. The number of aromatic nitrogens is 1. The van der Waals surface area contributed by atoms with Crippen LogP contribution >= 0.6 is 0 Å². The molecule has 4 heteroatoms. The monoisotopic (exact) mass is 729 g/mol. The molecule has 8 aromatic carbocycles. The van der Waals surface area contributed by atoms with Gasteiger partial charge in [0.25, 0.3) is 0 Å². The van der Waals surface area contributed by atoms with Crippen molar-refractivity contribution < 1.29 is 0 Å². The van der Waals surface area contributed by atoms with Gasteiger partial charge in [-0.3, -0.25) is 0 Å². The molecule has 0 aliphatic carbocycles. The van der Waals surface area contributed by atoms with Gasteiger partial charge in [0.05, 0.1) is 0 Å². The van der Waals surface area contributed by atoms with E-state index < -0.39 is 0 Å². The molecular formula is C48H31N3Se. The van der Waals surface area contributed by atoms with Crippen molar-refractivity contribution in [1.29, 1.82) is 0 Å². The van der Waals surface area contributed by atoms with Crippen molar-refractivity contribution in [3.8, 4) is 0 Å². The van der Waals surface area contributed by atoms with Crippen LogP contribution in [0.4, 0.5) is 34.1 Å². The fourth-order valence-corrected chi connectivity index (χ4v) is 10.8. The van der Waals surface area contributed by atoms with E-state index in [1.165, 1.54) is 63.1 Å². The van der Waals surface area contributed by atoms with Crippen molar-refractivity contribution in [2.24, 2.45) is 0 Å². The van der Waals surface area contributed by atoms with Gasteiger partial charge >= 0.3 is 308 Å². The van der Waals surface area contributed by atoms with Gasteiger partial charge in [0, 0.05) is 0 Å². The second-order valence-electron chi connectivity index (χ2n) is 13.4. The number of benzene rings is 8. The Morgan fingerprint density at radius 2 is 0.808 bits per heavy atom. The zero-order chi connectivity index (χ0) is 34.2. The minimum absolute atomic E-state index is 0.155. The molecule has 11 aromatic rings. The van der Waals surface area contributed by atoms with E-state index in [4.69, 9.17) is 0 Å². The summed E-state index contributed by atoms with van der Waals surface area (Å²) < 4.78 is 5.44. The molecule has 3 aromatic heterocycles. The van der Waals surface area contributed by atoms with Crippen molar-refractivity contribution >= 4 is 106 Å². The molecule has 0 radical (unpaired) electrons. The van der Waals surface area contributed by atoms with Crippen LogP contribution in [0.2, 0.25) is 0 Å². The first-order valence-corrected chi connectivity index (χ1v) is 19.4. The number of rotatable bonds is 6. The third-order valence-electron chi connectivity index (χ3n) is 10.4. The quantitative estimate of drug-likeness (QED) is 0.158. The number of fused-ring (bicyclic) bond motifs is 5. The average molecular weight is 729 g/mol. The van der Waals surface area contributed by atoms with E-state index >= 15 is 0 Å². The van der Waals surface area contributed by atoms with Crippen molar-refractivity contribution in [2.75, 3.05) is 9.80 Å². The topological polar surface area (TPSA) is 10.9 Å². The summed E-state index contributed by atoms with van der Waals surface area (Å²) in [5, 5.41) is 7.85. The molecule has 244 valence electrons. The van der Waals surface area contributed by atoms with Crippen LogP contribution in [0.25, 0.3) is 57.4 Å². The van der Waals surface area contributed by atoms with Crippen LogP contribution in [-0.2, 0) is 0 Å². The van der Waals surface area contributed by atoms with Gasteiger partial charge in [0.2, 0.25) is 0 Å². The molecule has 0 fully saturated rings. The van der Waals surface area contributed by atoms with Gasteiger partial charge in [-0.2, -0.15) is 0 Å². The Bertz CT molecular complexity index is 2980. The molecule has 0 spiro atoms. The Balaban J connectivity index is 1.32.